The number of alkyl halides is 3. The van der Waals surface area contributed by atoms with E-state index in [2.05, 4.69) is 46.3 Å². The van der Waals surface area contributed by atoms with E-state index >= 15 is 0 Å². The fourth-order valence-corrected chi connectivity index (χ4v) is 7.12. The van der Waals surface area contributed by atoms with Gasteiger partial charge in [0.15, 0.2) is 0 Å². The molecule has 2 atom stereocenters. The number of hydrogen-bond donors (Lipinski definition) is 0. The summed E-state index contributed by atoms with van der Waals surface area (Å²) in [7, 11) is 0. The zero-order chi connectivity index (χ0) is 27.4. The van der Waals surface area contributed by atoms with Gasteiger partial charge in [-0.05, 0) is 67.4 Å². The summed E-state index contributed by atoms with van der Waals surface area (Å²) in [4.78, 5) is 22.2. The number of piperidine rings is 1. The maximum Gasteiger partial charge on any atom is 0.417 e. The first kappa shape index (κ1) is 26.5. The number of nitrogens with zero attached hydrogens (tertiary/aromatic N) is 3. The first-order valence-corrected chi connectivity index (χ1v) is 14.1. The van der Waals surface area contributed by atoms with Crippen molar-refractivity contribution in [3.05, 3.63) is 70.6 Å². The normalized spacial score (nSPS) is 26.6. The Hall–Kier alpha value is -2.71. The van der Waals surface area contributed by atoms with Crippen molar-refractivity contribution in [1.29, 1.82) is 0 Å². The topological polar surface area (TPSA) is 45.7 Å². The monoisotopic (exact) mass is 539 g/mol. The number of carbonyl (C=O) groups excluding carboxylic acids is 1. The molecule has 2 aromatic rings. The molecular formula is C31H36F3N3O2. The highest BCUT2D eigenvalue weighted by atomic mass is 19.4. The van der Waals surface area contributed by atoms with Gasteiger partial charge in [0, 0.05) is 42.9 Å². The summed E-state index contributed by atoms with van der Waals surface area (Å²) in [5, 5.41) is 0. The van der Waals surface area contributed by atoms with Gasteiger partial charge in [0.1, 0.15) is 5.60 Å². The van der Waals surface area contributed by atoms with Gasteiger partial charge in [-0.25, -0.2) is 0 Å². The molecule has 2 saturated heterocycles. The number of rotatable bonds is 3. The molecule has 1 aromatic heterocycles. The lowest BCUT2D eigenvalue weighted by Gasteiger charge is -2.49. The van der Waals surface area contributed by atoms with Crippen LogP contribution in [0.3, 0.4) is 0 Å². The van der Waals surface area contributed by atoms with E-state index in [4.69, 9.17) is 4.74 Å². The van der Waals surface area contributed by atoms with Gasteiger partial charge in [0.05, 0.1) is 12.2 Å². The number of ether oxygens (including phenoxy) is 1. The third kappa shape index (κ3) is 4.59. The Bertz CT molecular complexity index is 1270. The van der Waals surface area contributed by atoms with Crippen LogP contribution in [0.5, 0.6) is 0 Å². The summed E-state index contributed by atoms with van der Waals surface area (Å²) < 4.78 is 46.3. The Kier molecular flexibility index (Phi) is 6.62. The number of pyridine rings is 1. The Morgan fingerprint density at radius 3 is 2.59 bits per heavy atom. The van der Waals surface area contributed by atoms with E-state index in [1.54, 1.807) is 4.90 Å². The smallest absolute Gasteiger partial charge is 0.363 e. The van der Waals surface area contributed by atoms with Crippen LogP contribution in [-0.2, 0) is 34.1 Å². The minimum absolute atomic E-state index is 0.0447. The highest BCUT2D eigenvalue weighted by Gasteiger charge is 2.50. The van der Waals surface area contributed by atoms with Crippen LogP contribution >= 0.6 is 0 Å². The van der Waals surface area contributed by atoms with Crippen molar-refractivity contribution >= 4 is 12.0 Å². The van der Waals surface area contributed by atoms with Crippen molar-refractivity contribution in [2.45, 2.75) is 75.7 Å². The molecule has 0 saturated carbocycles. The number of amides is 1. The van der Waals surface area contributed by atoms with E-state index in [0.29, 0.717) is 37.3 Å². The molecule has 0 radical (unpaired) electrons. The summed E-state index contributed by atoms with van der Waals surface area (Å²) in [6, 6.07) is 10.1. The quantitative estimate of drug-likeness (QED) is 0.508. The molecule has 4 heterocycles. The molecule has 5 nitrogen and oxygen atoms in total. The van der Waals surface area contributed by atoms with E-state index in [0.717, 1.165) is 44.6 Å². The van der Waals surface area contributed by atoms with Crippen LogP contribution in [0.15, 0.2) is 42.6 Å². The van der Waals surface area contributed by atoms with E-state index in [-0.39, 0.29) is 29.8 Å². The molecule has 8 heteroatoms. The lowest BCUT2D eigenvalue weighted by atomic mass is 9.74. The predicted octanol–water partition coefficient (Wildman–Crippen LogP) is 5.62. The fourth-order valence-electron chi connectivity index (χ4n) is 7.12. The zero-order valence-corrected chi connectivity index (χ0v) is 22.6. The van der Waals surface area contributed by atoms with Crippen molar-refractivity contribution in [3.63, 3.8) is 0 Å². The molecule has 0 N–H and O–H groups in total. The Balaban J connectivity index is 1.11. The number of halogens is 3. The van der Waals surface area contributed by atoms with Gasteiger partial charge in [0.25, 0.3) is 5.91 Å². The zero-order valence-electron chi connectivity index (χ0n) is 22.6. The lowest BCUT2D eigenvalue weighted by Crippen LogP contribution is -2.60. The number of benzene rings is 1. The molecule has 0 bridgehead atoms. The number of fused-ring (bicyclic) bond motifs is 3. The molecule has 1 spiro atoms. The molecule has 3 aliphatic heterocycles. The molecule has 4 aliphatic rings. The average Bonchev–Trinajstić information content (AvgIpc) is 3.30. The number of hydrogen-bond acceptors (Lipinski definition) is 4. The van der Waals surface area contributed by atoms with E-state index in [1.807, 2.05) is 13.8 Å². The van der Waals surface area contributed by atoms with Crippen LogP contribution in [0.2, 0.25) is 0 Å². The number of likely N-dealkylation sites (tertiary alicyclic amines) is 1. The summed E-state index contributed by atoms with van der Waals surface area (Å²) in [5.41, 5.74) is 2.29. The first-order valence-electron chi connectivity index (χ1n) is 14.1. The molecule has 2 fully saturated rings. The summed E-state index contributed by atoms with van der Waals surface area (Å²) >= 11 is 0. The molecule has 208 valence electrons. The second-order valence-electron chi connectivity index (χ2n) is 12.0. The van der Waals surface area contributed by atoms with Crippen LogP contribution in [0.25, 0.3) is 6.08 Å². The van der Waals surface area contributed by atoms with Crippen LogP contribution in [-0.4, -0.2) is 58.6 Å². The van der Waals surface area contributed by atoms with Crippen molar-refractivity contribution in [3.8, 4) is 0 Å². The van der Waals surface area contributed by atoms with Crippen molar-refractivity contribution in [2.24, 2.45) is 5.92 Å². The number of carbonyl (C=O) groups is 1. The lowest BCUT2D eigenvalue weighted by molar-refractivity contribution is -0.181. The Morgan fingerprint density at radius 2 is 1.90 bits per heavy atom. The van der Waals surface area contributed by atoms with E-state index in [9.17, 15) is 18.0 Å². The first-order chi connectivity index (χ1) is 18.6. The molecule has 6 rings (SSSR count). The second kappa shape index (κ2) is 9.73. The third-order valence-corrected chi connectivity index (χ3v) is 9.62. The largest absolute Gasteiger partial charge is 0.417 e. The standard InChI is InChI=1S/C31H36F3N3O2/c1-21(2)30(28(38)37-14-9-27-23(19-37)17-24(18-35-27)31(32,33)34)11-8-25(20-39-30)36-15-12-29(13-16-36)10-7-22-5-3-4-6-26(22)29/h3-7,10,17-18,21,25H,8-9,11-16,19-20H2,1-2H3/t25-,30+/m1/s1. The molecule has 0 unspecified atom stereocenters. The van der Waals surface area contributed by atoms with Gasteiger partial charge in [-0.3, -0.25) is 14.7 Å². The Morgan fingerprint density at radius 1 is 1.13 bits per heavy atom. The SMILES string of the molecule is CC(C)[C@]1(C(=O)N2CCc3ncc(C(F)(F)F)cc3C2)CC[C@@H](N2CCC3(C=Cc4ccccc43)CC2)CO1. The predicted molar refractivity (Wildman–Crippen MR) is 143 cm³/mol. The van der Waals surface area contributed by atoms with Crippen molar-refractivity contribution in [1.82, 2.24) is 14.8 Å². The van der Waals surface area contributed by atoms with Crippen molar-refractivity contribution < 1.29 is 22.7 Å². The van der Waals surface area contributed by atoms with E-state index in [1.165, 1.54) is 11.1 Å². The van der Waals surface area contributed by atoms with Gasteiger partial charge >= 0.3 is 6.18 Å². The minimum Gasteiger partial charge on any atom is -0.363 e. The highest BCUT2D eigenvalue weighted by molar-refractivity contribution is 5.86. The average molecular weight is 540 g/mol. The molecule has 1 aliphatic carbocycles. The number of aromatic nitrogens is 1. The summed E-state index contributed by atoms with van der Waals surface area (Å²) in [6.07, 6.45) is 5.16. The van der Waals surface area contributed by atoms with Crippen molar-refractivity contribution in [2.75, 3.05) is 26.2 Å². The number of allylic oxidation sites excluding steroid dienone is 1. The van der Waals surface area contributed by atoms with Gasteiger partial charge in [0.2, 0.25) is 0 Å². The van der Waals surface area contributed by atoms with Gasteiger partial charge in [-0.15, -0.1) is 0 Å². The summed E-state index contributed by atoms with van der Waals surface area (Å²) in [6.45, 7) is 7.07. The van der Waals surface area contributed by atoms with Gasteiger partial charge < -0.3 is 9.64 Å². The second-order valence-corrected chi connectivity index (χ2v) is 12.0. The molecule has 1 amide bonds. The molecule has 39 heavy (non-hydrogen) atoms. The third-order valence-electron chi connectivity index (χ3n) is 9.62. The van der Waals surface area contributed by atoms with Gasteiger partial charge in [-0.1, -0.05) is 50.3 Å². The Labute approximate surface area is 228 Å². The minimum atomic E-state index is -4.46. The van der Waals surface area contributed by atoms with Crippen LogP contribution < -0.4 is 0 Å². The molecular weight excluding hydrogens is 503 g/mol. The van der Waals surface area contributed by atoms with Crippen LogP contribution in [0, 0.1) is 5.92 Å². The van der Waals surface area contributed by atoms with E-state index < -0.39 is 17.3 Å². The van der Waals surface area contributed by atoms with Crippen LogP contribution in [0.4, 0.5) is 13.2 Å². The van der Waals surface area contributed by atoms with Gasteiger partial charge in [-0.2, -0.15) is 13.2 Å². The highest BCUT2D eigenvalue weighted by Crippen LogP contribution is 2.45. The maximum absolute atomic E-state index is 13.9. The fraction of sp³-hybridized carbons (Fsp3) is 0.548. The maximum atomic E-state index is 13.9. The van der Waals surface area contributed by atoms with Crippen LogP contribution in [0.1, 0.15) is 67.5 Å². The summed E-state index contributed by atoms with van der Waals surface area (Å²) in [5.74, 6) is -0.152. The molecule has 1 aromatic carbocycles.